The van der Waals surface area contributed by atoms with Crippen LogP contribution in [0.4, 0.5) is 0 Å². The number of morpholine rings is 1. The standard InChI is InChI=1S/C17H25NO2/c1-13-6-8-14(9-7-13)17(5)12-18(10-11-20-17)15(19)16(2,3)4/h6-9H,10-12H2,1-5H3. The Morgan fingerprint density at radius 1 is 1.25 bits per heavy atom. The maximum atomic E-state index is 12.5. The van der Waals surface area contributed by atoms with E-state index in [-0.39, 0.29) is 11.3 Å². The Balaban J connectivity index is 2.21. The van der Waals surface area contributed by atoms with Gasteiger partial charge in [0.15, 0.2) is 0 Å². The van der Waals surface area contributed by atoms with E-state index in [9.17, 15) is 4.79 Å². The van der Waals surface area contributed by atoms with Crippen molar-refractivity contribution in [2.75, 3.05) is 19.7 Å². The largest absolute Gasteiger partial charge is 0.367 e. The van der Waals surface area contributed by atoms with Crippen LogP contribution in [0.1, 0.15) is 38.8 Å². The van der Waals surface area contributed by atoms with E-state index in [1.807, 2.05) is 25.7 Å². The van der Waals surface area contributed by atoms with Gasteiger partial charge in [0, 0.05) is 12.0 Å². The molecule has 0 aliphatic carbocycles. The summed E-state index contributed by atoms with van der Waals surface area (Å²) in [4.78, 5) is 14.4. The van der Waals surface area contributed by atoms with E-state index < -0.39 is 5.60 Å². The van der Waals surface area contributed by atoms with Crippen molar-refractivity contribution in [1.82, 2.24) is 4.90 Å². The molecule has 0 bridgehead atoms. The van der Waals surface area contributed by atoms with Crippen LogP contribution in [0, 0.1) is 12.3 Å². The SMILES string of the molecule is Cc1ccc(C2(C)CN(C(=O)C(C)(C)C)CCO2)cc1. The molecular weight excluding hydrogens is 250 g/mol. The van der Waals surface area contributed by atoms with Crippen molar-refractivity contribution in [3.05, 3.63) is 35.4 Å². The van der Waals surface area contributed by atoms with Crippen molar-refractivity contribution in [2.24, 2.45) is 5.41 Å². The number of benzene rings is 1. The number of rotatable bonds is 1. The molecule has 2 rings (SSSR count). The molecule has 1 aromatic rings. The molecular formula is C17H25NO2. The molecule has 1 heterocycles. The lowest BCUT2D eigenvalue weighted by Crippen LogP contribution is -2.53. The third-order valence-electron chi connectivity index (χ3n) is 3.87. The summed E-state index contributed by atoms with van der Waals surface area (Å²) in [6.07, 6.45) is 0. The van der Waals surface area contributed by atoms with Crippen LogP contribution in [-0.4, -0.2) is 30.5 Å². The first-order valence-electron chi connectivity index (χ1n) is 7.23. The molecule has 1 aliphatic heterocycles. The molecule has 0 radical (unpaired) electrons. The second-order valence-electron chi connectivity index (χ2n) is 6.92. The minimum Gasteiger partial charge on any atom is -0.367 e. The molecule has 1 aliphatic rings. The second kappa shape index (κ2) is 5.21. The second-order valence-corrected chi connectivity index (χ2v) is 6.92. The van der Waals surface area contributed by atoms with E-state index >= 15 is 0 Å². The third kappa shape index (κ3) is 3.04. The number of carbonyl (C=O) groups excluding carboxylic acids is 1. The number of nitrogens with zero attached hydrogens (tertiary/aromatic N) is 1. The van der Waals surface area contributed by atoms with Crippen LogP contribution in [0.2, 0.25) is 0 Å². The lowest BCUT2D eigenvalue weighted by atomic mass is 9.90. The number of hydrogen-bond acceptors (Lipinski definition) is 2. The van der Waals surface area contributed by atoms with E-state index in [0.717, 1.165) is 5.56 Å². The zero-order chi connectivity index (χ0) is 15.0. The third-order valence-corrected chi connectivity index (χ3v) is 3.87. The highest BCUT2D eigenvalue weighted by atomic mass is 16.5. The van der Waals surface area contributed by atoms with Gasteiger partial charge >= 0.3 is 0 Å². The smallest absolute Gasteiger partial charge is 0.228 e. The van der Waals surface area contributed by atoms with Gasteiger partial charge in [-0.25, -0.2) is 0 Å². The van der Waals surface area contributed by atoms with E-state index in [4.69, 9.17) is 4.74 Å². The van der Waals surface area contributed by atoms with Gasteiger partial charge in [-0.3, -0.25) is 4.79 Å². The maximum absolute atomic E-state index is 12.5. The van der Waals surface area contributed by atoms with Crippen molar-refractivity contribution in [1.29, 1.82) is 0 Å². The molecule has 0 N–H and O–H groups in total. The van der Waals surface area contributed by atoms with E-state index in [1.54, 1.807) is 0 Å². The van der Waals surface area contributed by atoms with E-state index in [2.05, 4.69) is 38.1 Å². The first-order chi connectivity index (χ1) is 9.22. The first-order valence-corrected chi connectivity index (χ1v) is 7.23. The normalized spacial score (nSPS) is 23.8. The Morgan fingerprint density at radius 3 is 2.40 bits per heavy atom. The van der Waals surface area contributed by atoms with Crippen molar-refractivity contribution < 1.29 is 9.53 Å². The van der Waals surface area contributed by atoms with Gasteiger partial charge in [-0.15, -0.1) is 0 Å². The van der Waals surface area contributed by atoms with Crippen molar-refractivity contribution in [3.63, 3.8) is 0 Å². The zero-order valence-electron chi connectivity index (χ0n) is 13.2. The van der Waals surface area contributed by atoms with Crippen LogP contribution in [-0.2, 0) is 15.1 Å². The summed E-state index contributed by atoms with van der Waals surface area (Å²) >= 11 is 0. The minimum absolute atomic E-state index is 0.194. The predicted octanol–water partition coefficient (Wildman–Crippen LogP) is 3.12. The Morgan fingerprint density at radius 2 is 1.85 bits per heavy atom. The van der Waals surface area contributed by atoms with Crippen LogP contribution in [0.3, 0.4) is 0 Å². The molecule has 1 atom stereocenters. The quantitative estimate of drug-likeness (QED) is 0.788. The van der Waals surface area contributed by atoms with Gasteiger partial charge in [-0.05, 0) is 19.4 Å². The topological polar surface area (TPSA) is 29.5 Å². The summed E-state index contributed by atoms with van der Waals surface area (Å²) in [5.41, 5.74) is 1.61. The average Bonchev–Trinajstić information content (AvgIpc) is 2.37. The Hall–Kier alpha value is -1.35. The molecule has 3 heteroatoms. The van der Waals surface area contributed by atoms with Crippen LogP contribution in [0.5, 0.6) is 0 Å². The monoisotopic (exact) mass is 275 g/mol. The lowest BCUT2D eigenvalue weighted by Gasteiger charge is -2.42. The van der Waals surface area contributed by atoms with Gasteiger partial charge in [0.05, 0.1) is 13.2 Å². The fourth-order valence-electron chi connectivity index (χ4n) is 2.60. The fourth-order valence-corrected chi connectivity index (χ4v) is 2.60. The number of hydrogen-bond donors (Lipinski definition) is 0. The highest BCUT2D eigenvalue weighted by Crippen LogP contribution is 2.31. The van der Waals surface area contributed by atoms with E-state index in [1.165, 1.54) is 5.56 Å². The van der Waals surface area contributed by atoms with Gasteiger partial charge in [-0.2, -0.15) is 0 Å². The molecule has 0 spiro atoms. The summed E-state index contributed by atoms with van der Waals surface area (Å²) < 4.78 is 5.99. The van der Waals surface area contributed by atoms with Gasteiger partial charge in [0.1, 0.15) is 5.60 Å². The average molecular weight is 275 g/mol. The highest BCUT2D eigenvalue weighted by Gasteiger charge is 2.38. The van der Waals surface area contributed by atoms with Gasteiger partial charge in [0.25, 0.3) is 0 Å². The van der Waals surface area contributed by atoms with Crippen molar-refractivity contribution >= 4 is 5.91 Å². The first kappa shape index (κ1) is 15.0. The lowest BCUT2D eigenvalue weighted by molar-refractivity contribution is -0.157. The molecule has 20 heavy (non-hydrogen) atoms. The summed E-state index contributed by atoms with van der Waals surface area (Å²) in [6, 6.07) is 8.38. The Bertz CT molecular complexity index is 487. The predicted molar refractivity (Wildman–Crippen MR) is 80.5 cm³/mol. The van der Waals surface area contributed by atoms with Crippen LogP contribution >= 0.6 is 0 Å². The van der Waals surface area contributed by atoms with Crippen LogP contribution in [0.15, 0.2) is 24.3 Å². The number of aryl methyl sites for hydroxylation is 1. The zero-order valence-corrected chi connectivity index (χ0v) is 13.2. The van der Waals surface area contributed by atoms with Gasteiger partial charge in [0.2, 0.25) is 5.91 Å². The molecule has 0 aromatic heterocycles. The molecule has 1 saturated heterocycles. The molecule has 0 saturated carbocycles. The molecule has 1 fully saturated rings. The molecule has 1 aromatic carbocycles. The van der Waals surface area contributed by atoms with Gasteiger partial charge < -0.3 is 9.64 Å². The molecule has 110 valence electrons. The van der Waals surface area contributed by atoms with Crippen LogP contribution < -0.4 is 0 Å². The minimum atomic E-state index is -0.410. The maximum Gasteiger partial charge on any atom is 0.228 e. The van der Waals surface area contributed by atoms with Gasteiger partial charge in [-0.1, -0.05) is 50.6 Å². The van der Waals surface area contributed by atoms with Crippen molar-refractivity contribution in [3.8, 4) is 0 Å². The summed E-state index contributed by atoms with van der Waals surface area (Å²) in [6.45, 7) is 11.9. The number of ether oxygens (including phenoxy) is 1. The summed E-state index contributed by atoms with van der Waals surface area (Å²) in [7, 11) is 0. The van der Waals surface area contributed by atoms with Crippen molar-refractivity contribution in [2.45, 2.75) is 40.2 Å². The molecule has 1 unspecified atom stereocenters. The molecule has 3 nitrogen and oxygen atoms in total. The summed E-state index contributed by atoms with van der Waals surface area (Å²) in [5.74, 6) is 0.194. The number of carbonyl (C=O) groups is 1. The highest BCUT2D eigenvalue weighted by molar-refractivity contribution is 5.81. The van der Waals surface area contributed by atoms with E-state index in [0.29, 0.717) is 19.7 Å². The number of amides is 1. The van der Waals surface area contributed by atoms with Crippen LogP contribution in [0.25, 0.3) is 0 Å². The Labute approximate surface area is 121 Å². The molecule has 1 amide bonds. The fraction of sp³-hybridized carbons (Fsp3) is 0.588. The summed E-state index contributed by atoms with van der Waals surface area (Å²) in [5, 5.41) is 0. The Kier molecular flexibility index (Phi) is 3.92.